The number of carbonyl (C=O) groups is 2. The van der Waals surface area contributed by atoms with Crippen molar-refractivity contribution in [2.75, 3.05) is 33.8 Å². The van der Waals surface area contributed by atoms with Crippen molar-refractivity contribution < 1.29 is 19.4 Å². The summed E-state index contributed by atoms with van der Waals surface area (Å²) in [6.07, 6.45) is 4.39. The van der Waals surface area contributed by atoms with Gasteiger partial charge in [-0.15, -0.1) is 5.10 Å². The zero-order valence-electron chi connectivity index (χ0n) is 17.5. The summed E-state index contributed by atoms with van der Waals surface area (Å²) in [5.41, 5.74) is 2.45. The second kappa shape index (κ2) is 10.3. The van der Waals surface area contributed by atoms with Gasteiger partial charge in [0.15, 0.2) is 0 Å². The van der Waals surface area contributed by atoms with Gasteiger partial charge in [0.2, 0.25) is 0 Å². The number of carbonyl (C=O) groups excluding carboxylic acids is 1. The van der Waals surface area contributed by atoms with Gasteiger partial charge in [0.05, 0.1) is 18.8 Å². The standard InChI is InChI=1S/C21H29N5O4/c1-24(2)12-16-5-3-6-17(11-16)21(29)25-9-4-7-19(8-10-25)26-13-18(22-23-26)14-30-15-20(27)28/h3,5-6,11,13,19H,4,7-10,12,14-15H2,1-2H3,(H,27,28). The van der Waals surface area contributed by atoms with Crippen LogP contribution in [0.25, 0.3) is 0 Å². The maximum Gasteiger partial charge on any atom is 0.329 e. The summed E-state index contributed by atoms with van der Waals surface area (Å²) >= 11 is 0. The van der Waals surface area contributed by atoms with Crippen LogP contribution in [-0.4, -0.2) is 75.6 Å². The normalized spacial score (nSPS) is 17.2. The van der Waals surface area contributed by atoms with E-state index in [1.54, 1.807) is 6.20 Å². The highest BCUT2D eigenvalue weighted by Crippen LogP contribution is 2.23. The Morgan fingerprint density at radius 2 is 2.10 bits per heavy atom. The van der Waals surface area contributed by atoms with E-state index in [-0.39, 0.29) is 25.2 Å². The van der Waals surface area contributed by atoms with Crippen LogP contribution < -0.4 is 0 Å². The number of carboxylic acids is 1. The number of hydrogen-bond acceptors (Lipinski definition) is 6. The van der Waals surface area contributed by atoms with Crippen LogP contribution in [0.5, 0.6) is 0 Å². The fourth-order valence-corrected chi connectivity index (χ4v) is 3.70. The average molecular weight is 415 g/mol. The number of amides is 1. The number of hydrogen-bond donors (Lipinski definition) is 1. The molecule has 1 atom stereocenters. The average Bonchev–Trinajstić information content (AvgIpc) is 3.02. The molecule has 1 aliphatic heterocycles. The second-order valence-electron chi connectivity index (χ2n) is 7.89. The number of carboxylic acid groups (broad SMARTS) is 1. The van der Waals surface area contributed by atoms with E-state index in [0.29, 0.717) is 12.2 Å². The number of aliphatic carboxylic acids is 1. The third kappa shape index (κ3) is 6.11. The first-order chi connectivity index (χ1) is 14.4. The molecule has 9 nitrogen and oxygen atoms in total. The van der Waals surface area contributed by atoms with Gasteiger partial charge >= 0.3 is 5.97 Å². The van der Waals surface area contributed by atoms with Crippen molar-refractivity contribution in [2.45, 2.75) is 38.5 Å². The number of likely N-dealkylation sites (tertiary alicyclic amines) is 1. The molecule has 2 aromatic rings. The van der Waals surface area contributed by atoms with Crippen LogP contribution in [0.2, 0.25) is 0 Å². The maximum atomic E-state index is 13.0. The summed E-state index contributed by atoms with van der Waals surface area (Å²) in [4.78, 5) is 27.6. The van der Waals surface area contributed by atoms with Gasteiger partial charge < -0.3 is 19.6 Å². The van der Waals surface area contributed by atoms with Crippen molar-refractivity contribution in [3.8, 4) is 0 Å². The molecule has 1 amide bonds. The van der Waals surface area contributed by atoms with E-state index in [9.17, 15) is 9.59 Å². The molecular formula is C21H29N5O4. The highest BCUT2D eigenvalue weighted by atomic mass is 16.5. The van der Waals surface area contributed by atoms with Crippen LogP contribution in [0.3, 0.4) is 0 Å². The first kappa shape index (κ1) is 21.9. The van der Waals surface area contributed by atoms with E-state index in [2.05, 4.69) is 15.2 Å². The van der Waals surface area contributed by atoms with E-state index < -0.39 is 5.97 Å². The van der Waals surface area contributed by atoms with E-state index in [1.165, 1.54) is 0 Å². The minimum Gasteiger partial charge on any atom is -0.480 e. The lowest BCUT2D eigenvalue weighted by Crippen LogP contribution is -2.32. The van der Waals surface area contributed by atoms with E-state index in [1.807, 2.05) is 47.9 Å². The molecule has 3 rings (SSSR count). The zero-order chi connectivity index (χ0) is 21.5. The number of aromatic nitrogens is 3. The van der Waals surface area contributed by atoms with Gasteiger partial charge in [0.25, 0.3) is 5.91 Å². The molecule has 1 aliphatic rings. The molecule has 1 N–H and O–H groups in total. The fourth-order valence-electron chi connectivity index (χ4n) is 3.70. The molecule has 9 heteroatoms. The van der Waals surface area contributed by atoms with Gasteiger partial charge in [-0.05, 0) is 51.1 Å². The van der Waals surface area contributed by atoms with Gasteiger partial charge in [-0.25, -0.2) is 9.48 Å². The molecule has 1 fully saturated rings. The van der Waals surface area contributed by atoms with Crippen molar-refractivity contribution in [3.05, 3.63) is 47.3 Å². The molecule has 0 saturated carbocycles. The van der Waals surface area contributed by atoms with E-state index in [4.69, 9.17) is 9.84 Å². The van der Waals surface area contributed by atoms with Crippen molar-refractivity contribution in [3.63, 3.8) is 0 Å². The summed E-state index contributed by atoms with van der Waals surface area (Å²) in [7, 11) is 4.02. The van der Waals surface area contributed by atoms with Gasteiger partial charge in [-0.3, -0.25) is 4.79 Å². The van der Waals surface area contributed by atoms with E-state index in [0.717, 1.165) is 43.5 Å². The molecule has 30 heavy (non-hydrogen) atoms. The molecule has 0 bridgehead atoms. The molecular weight excluding hydrogens is 386 g/mol. The SMILES string of the molecule is CN(C)Cc1cccc(C(=O)N2CCCC(n3cc(COCC(=O)O)nn3)CC2)c1. The Bertz CT molecular complexity index is 867. The number of nitrogens with zero attached hydrogens (tertiary/aromatic N) is 5. The Morgan fingerprint density at radius 3 is 2.87 bits per heavy atom. The Labute approximate surface area is 176 Å². The largest absolute Gasteiger partial charge is 0.480 e. The van der Waals surface area contributed by atoms with Crippen LogP contribution in [0.4, 0.5) is 0 Å². The van der Waals surface area contributed by atoms with Crippen LogP contribution in [-0.2, 0) is 22.7 Å². The Balaban J connectivity index is 1.58. The summed E-state index contributed by atoms with van der Waals surface area (Å²) in [6, 6.07) is 7.99. The lowest BCUT2D eigenvalue weighted by molar-refractivity contribution is -0.142. The molecule has 1 aromatic heterocycles. The molecule has 1 saturated heterocycles. The third-order valence-electron chi connectivity index (χ3n) is 5.06. The molecule has 2 heterocycles. The quantitative estimate of drug-likeness (QED) is 0.702. The van der Waals surface area contributed by atoms with Gasteiger partial charge in [-0.2, -0.15) is 0 Å². The van der Waals surface area contributed by atoms with Crippen molar-refractivity contribution in [1.29, 1.82) is 0 Å². The topological polar surface area (TPSA) is 101 Å². The third-order valence-corrected chi connectivity index (χ3v) is 5.06. The summed E-state index contributed by atoms with van der Waals surface area (Å²) < 4.78 is 6.88. The van der Waals surface area contributed by atoms with Gasteiger partial charge in [-0.1, -0.05) is 17.3 Å². The molecule has 1 aromatic carbocycles. The van der Waals surface area contributed by atoms with Crippen LogP contribution in [0.1, 0.15) is 46.9 Å². The number of ether oxygens (including phenoxy) is 1. The number of benzene rings is 1. The highest BCUT2D eigenvalue weighted by molar-refractivity contribution is 5.94. The minimum absolute atomic E-state index is 0.0672. The highest BCUT2D eigenvalue weighted by Gasteiger charge is 2.23. The summed E-state index contributed by atoms with van der Waals surface area (Å²) in [6.45, 7) is 1.94. The maximum absolute atomic E-state index is 13.0. The van der Waals surface area contributed by atoms with Gasteiger partial charge in [0.1, 0.15) is 12.3 Å². The fraction of sp³-hybridized carbons (Fsp3) is 0.524. The molecule has 0 aliphatic carbocycles. The number of rotatable bonds is 8. The predicted octanol–water partition coefficient (Wildman–Crippen LogP) is 1.81. The first-order valence-electron chi connectivity index (χ1n) is 10.2. The lowest BCUT2D eigenvalue weighted by Gasteiger charge is -2.21. The second-order valence-corrected chi connectivity index (χ2v) is 7.89. The van der Waals surface area contributed by atoms with Crippen molar-refractivity contribution in [2.24, 2.45) is 0 Å². The Morgan fingerprint density at radius 1 is 1.27 bits per heavy atom. The molecule has 0 spiro atoms. The molecule has 1 unspecified atom stereocenters. The zero-order valence-corrected chi connectivity index (χ0v) is 17.5. The first-order valence-corrected chi connectivity index (χ1v) is 10.2. The van der Waals surface area contributed by atoms with Gasteiger partial charge in [0, 0.05) is 25.2 Å². The van der Waals surface area contributed by atoms with E-state index >= 15 is 0 Å². The molecule has 0 radical (unpaired) electrons. The van der Waals surface area contributed by atoms with Crippen LogP contribution >= 0.6 is 0 Å². The smallest absolute Gasteiger partial charge is 0.329 e. The Kier molecular flexibility index (Phi) is 7.53. The Hall–Kier alpha value is -2.78. The minimum atomic E-state index is -1.01. The summed E-state index contributed by atoms with van der Waals surface area (Å²) in [5.74, 6) is -0.944. The monoisotopic (exact) mass is 415 g/mol. The summed E-state index contributed by atoms with van der Waals surface area (Å²) in [5, 5.41) is 16.9. The van der Waals surface area contributed by atoms with Crippen molar-refractivity contribution >= 4 is 11.9 Å². The van der Waals surface area contributed by atoms with Crippen LogP contribution in [0.15, 0.2) is 30.5 Å². The predicted molar refractivity (Wildman–Crippen MR) is 110 cm³/mol. The van der Waals surface area contributed by atoms with Crippen LogP contribution in [0, 0.1) is 0 Å². The van der Waals surface area contributed by atoms with Crippen molar-refractivity contribution in [1.82, 2.24) is 24.8 Å². The lowest BCUT2D eigenvalue weighted by atomic mass is 10.1. The molecule has 162 valence electrons.